The van der Waals surface area contributed by atoms with Crippen LogP contribution in [0.4, 0.5) is 8.78 Å². The molecule has 9 heteroatoms. The minimum absolute atomic E-state index is 0. The summed E-state index contributed by atoms with van der Waals surface area (Å²) in [5, 5.41) is 6.50. The molecule has 1 aliphatic rings. The minimum Gasteiger partial charge on any atom is -0.435 e. The zero-order valence-corrected chi connectivity index (χ0v) is 18.0. The smallest absolute Gasteiger partial charge is 0.387 e. The number of rotatable bonds is 9. The molecule has 2 N–H and O–H groups in total. The standard InChI is InChI=1S/C18H28F2N4O2.HI/c1-2-21-18(22-7-4-8-24-9-11-25-12-10-24)23-14-15-5-3-6-16(13-15)26-17(19)20;/h3,5-6,13,17H,2,4,7-12,14H2,1H3,(H2,21,22,23);1H. The molecule has 1 aliphatic heterocycles. The lowest BCUT2D eigenvalue weighted by Gasteiger charge is -2.26. The molecule has 6 nitrogen and oxygen atoms in total. The summed E-state index contributed by atoms with van der Waals surface area (Å²) in [6.07, 6.45) is 1.02. The third-order valence-corrected chi connectivity index (χ3v) is 3.93. The monoisotopic (exact) mass is 498 g/mol. The summed E-state index contributed by atoms with van der Waals surface area (Å²) < 4.78 is 34.4. The van der Waals surface area contributed by atoms with E-state index >= 15 is 0 Å². The van der Waals surface area contributed by atoms with Gasteiger partial charge in [0.1, 0.15) is 5.75 Å². The van der Waals surface area contributed by atoms with Crippen LogP contribution in [0, 0.1) is 0 Å². The molecule has 1 fully saturated rings. The molecule has 1 saturated heterocycles. The Morgan fingerprint density at radius 1 is 1.30 bits per heavy atom. The molecule has 0 amide bonds. The first-order valence-corrected chi connectivity index (χ1v) is 9.03. The van der Waals surface area contributed by atoms with Crippen molar-refractivity contribution in [3.05, 3.63) is 29.8 Å². The lowest BCUT2D eigenvalue weighted by molar-refractivity contribution is -0.0498. The Morgan fingerprint density at radius 3 is 2.78 bits per heavy atom. The molecule has 0 atom stereocenters. The normalized spacial score (nSPS) is 15.3. The second-order valence-electron chi connectivity index (χ2n) is 5.96. The zero-order valence-electron chi connectivity index (χ0n) is 15.6. The van der Waals surface area contributed by atoms with Crippen LogP contribution in [0.5, 0.6) is 5.75 Å². The van der Waals surface area contributed by atoms with E-state index in [2.05, 4.69) is 25.3 Å². The van der Waals surface area contributed by atoms with Crippen molar-refractivity contribution in [2.24, 2.45) is 4.99 Å². The summed E-state index contributed by atoms with van der Waals surface area (Å²) in [5.41, 5.74) is 0.814. The molecule has 0 radical (unpaired) electrons. The number of nitrogens with one attached hydrogen (secondary N) is 2. The first-order chi connectivity index (χ1) is 12.7. The molecule has 27 heavy (non-hydrogen) atoms. The lowest BCUT2D eigenvalue weighted by atomic mass is 10.2. The van der Waals surface area contributed by atoms with Gasteiger partial charge < -0.3 is 20.1 Å². The van der Waals surface area contributed by atoms with Crippen LogP contribution < -0.4 is 15.4 Å². The fourth-order valence-corrected chi connectivity index (χ4v) is 2.67. The summed E-state index contributed by atoms with van der Waals surface area (Å²) in [5.74, 6) is 0.867. The molecular weight excluding hydrogens is 469 g/mol. The molecule has 0 bridgehead atoms. The van der Waals surface area contributed by atoms with Gasteiger partial charge in [-0.15, -0.1) is 24.0 Å². The molecule has 2 rings (SSSR count). The van der Waals surface area contributed by atoms with E-state index in [4.69, 9.17) is 4.74 Å². The Labute approximate surface area is 176 Å². The van der Waals surface area contributed by atoms with Gasteiger partial charge in [0.25, 0.3) is 0 Å². The average molecular weight is 498 g/mol. The second-order valence-corrected chi connectivity index (χ2v) is 5.96. The fraction of sp³-hybridized carbons (Fsp3) is 0.611. The summed E-state index contributed by atoms with van der Waals surface area (Å²) in [4.78, 5) is 6.90. The molecule has 1 aromatic rings. The molecule has 0 aliphatic carbocycles. The number of hydrogen-bond acceptors (Lipinski definition) is 4. The molecule has 154 valence electrons. The van der Waals surface area contributed by atoms with Gasteiger partial charge in [0.15, 0.2) is 5.96 Å². The number of benzene rings is 1. The highest BCUT2D eigenvalue weighted by atomic mass is 127. The van der Waals surface area contributed by atoms with E-state index in [-0.39, 0.29) is 29.7 Å². The highest BCUT2D eigenvalue weighted by Gasteiger charge is 2.09. The number of morpholine rings is 1. The van der Waals surface area contributed by atoms with E-state index in [9.17, 15) is 8.78 Å². The topological polar surface area (TPSA) is 58.1 Å². The van der Waals surface area contributed by atoms with E-state index in [0.29, 0.717) is 6.54 Å². The zero-order chi connectivity index (χ0) is 18.6. The van der Waals surface area contributed by atoms with Gasteiger partial charge in [-0.3, -0.25) is 4.90 Å². The van der Waals surface area contributed by atoms with Gasteiger partial charge in [-0.25, -0.2) is 4.99 Å². The third-order valence-electron chi connectivity index (χ3n) is 3.93. The van der Waals surface area contributed by atoms with Crippen LogP contribution in [0.25, 0.3) is 0 Å². The average Bonchev–Trinajstić information content (AvgIpc) is 2.64. The lowest BCUT2D eigenvalue weighted by Crippen LogP contribution is -2.40. The van der Waals surface area contributed by atoms with Crippen molar-refractivity contribution in [3.8, 4) is 5.75 Å². The van der Waals surface area contributed by atoms with Gasteiger partial charge >= 0.3 is 6.61 Å². The van der Waals surface area contributed by atoms with Crippen molar-refractivity contribution in [3.63, 3.8) is 0 Å². The fourth-order valence-electron chi connectivity index (χ4n) is 2.67. The van der Waals surface area contributed by atoms with Crippen LogP contribution in [-0.2, 0) is 11.3 Å². The number of hydrogen-bond donors (Lipinski definition) is 2. The largest absolute Gasteiger partial charge is 0.435 e. The highest BCUT2D eigenvalue weighted by molar-refractivity contribution is 14.0. The maximum absolute atomic E-state index is 12.3. The van der Waals surface area contributed by atoms with Gasteiger partial charge in [0.2, 0.25) is 0 Å². The van der Waals surface area contributed by atoms with Crippen LogP contribution in [0.2, 0.25) is 0 Å². The number of ether oxygens (including phenoxy) is 2. The second kappa shape index (κ2) is 13.9. The number of halogens is 3. The van der Waals surface area contributed by atoms with Crippen LogP contribution in [0.15, 0.2) is 29.3 Å². The van der Waals surface area contributed by atoms with Crippen LogP contribution in [0.3, 0.4) is 0 Å². The van der Waals surface area contributed by atoms with Gasteiger partial charge in [-0.1, -0.05) is 12.1 Å². The van der Waals surface area contributed by atoms with Crippen molar-refractivity contribution >= 4 is 29.9 Å². The van der Waals surface area contributed by atoms with Crippen molar-refractivity contribution in [2.45, 2.75) is 26.5 Å². The van der Waals surface area contributed by atoms with Crippen LogP contribution in [-0.4, -0.2) is 63.4 Å². The predicted octanol–water partition coefficient (Wildman–Crippen LogP) is 2.68. The Balaban J connectivity index is 0.00000364. The first-order valence-electron chi connectivity index (χ1n) is 9.03. The van der Waals surface area contributed by atoms with Gasteiger partial charge in [0, 0.05) is 26.2 Å². The molecule has 0 aromatic heterocycles. The van der Waals surface area contributed by atoms with Crippen molar-refractivity contribution < 1.29 is 18.3 Å². The summed E-state index contributed by atoms with van der Waals surface area (Å²) in [6.45, 7) is 5.78. The Kier molecular flexibility index (Phi) is 12.3. The number of aliphatic imine (C=N–C) groups is 1. The molecule has 1 aromatic carbocycles. The van der Waals surface area contributed by atoms with E-state index in [1.165, 1.54) is 6.07 Å². The maximum Gasteiger partial charge on any atom is 0.387 e. The molecule has 0 unspecified atom stereocenters. The first kappa shape index (κ1) is 23.8. The molecule has 0 saturated carbocycles. The van der Waals surface area contributed by atoms with Crippen molar-refractivity contribution in [2.75, 3.05) is 45.9 Å². The number of alkyl halides is 2. The van der Waals surface area contributed by atoms with Crippen LogP contribution >= 0.6 is 24.0 Å². The Morgan fingerprint density at radius 2 is 2.07 bits per heavy atom. The van der Waals surface area contributed by atoms with Gasteiger partial charge in [-0.2, -0.15) is 8.78 Å². The van der Waals surface area contributed by atoms with Crippen LogP contribution in [0.1, 0.15) is 18.9 Å². The molecule has 1 heterocycles. The maximum atomic E-state index is 12.3. The predicted molar refractivity (Wildman–Crippen MR) is 113 cm³/mol. The molecular formula is C18H29F2IN4O2. The summed E-state index contributed by atoms with van der Waals surface area (Å²) in [7, 11) is 0. The quantitative estimate of drug-likeness (QED) is 0.238. The summed E-state index contributed by atoms with van der Waals surface area (Å²) >= 11 is 0. The van der Waals surface area contributed by atoms with E-state index in [1.54, 1.807) is 12.1 Å². The van der Waals surface area contributed by atoms with Gasteiger partial charge in [-0.05, 0) is 37.6 Å². The highest BCUT2D eigenvalue weighted by Crippen LogP contribution is 2.16. The van der Waals surface area contributed by atoms with E-state index in [1.807, 2.05) is 13.0 Å². The SMILES string of the molecule is CCNC(=NCc1cccc(OC(F)F)c1)NCCCN1CCOCC1.I. The van der Waals surface area contributed by atoms with E-state index in [0.717, 1.165) is 63.9 Å². The van der Waals surface area contributed by atoms with Crippen molar-refractivity contribution in [1.29, 1.82) is 0 Å². The summed E-state index contributed by atoms with van der Waals surface area (Å²) in [6, 6.07) is 6.61. The molecule has 0 spiro atoms. The Hall–Kier alpha value is -1.20. The number of guanidine groups is 1. The van der Waals surface area contributed by atoms with Gasteiger partial charge in [0.05, 0.1) is 19.8 Å². The minimum atomic E-state index is -2.82. The van der Waals surface area contributed by atoms with E-state index < -0.39 is 6.61 Å². The number of nitrogens with zero attached hydrogens (tertiary/aromatic N) is 2. The third kappa shape index (κ3) is 10.1. The van der Waals surface area contributed by atoms with Crippen molar-refractivity contribution in [1.82, 2.24) is 15.5 Å². The Bertz CT molecular complexity index is 558.